The van der Waals surface area contributed by atoms with Crippen LogP contribution in [0.5, 0.6) is 17.4 Å². The summed E-state index contributed by atoms with van der Waals surface area (Å²) in [5, 5.41) is 2.84. The molecule has 4 aromatic rings. The van der Waals surface area contributed by atoms with Crippen LogP contribution in [0.4, 0.5) is 5.69 Å². The van der Waals surface area contributed by atoms with Crippen LogP contribution >= 0.6 is 0 Å². The van der Waals surface area contributed by atoms with E-state index in [1.165, 1.54) is 5.56 Å². The van der Waals surface area contributed by atoms with Crippen LogP contribution in [0, 0.1) is 13.8 Å². The number of aromatic nitrogens is 3. The van der Waals surface area contributed by atoms with Gasteiger partial charge in [-0.2, -0.15) is 0 Å². The maximum Gasteiger partial charge on any atom is 0.255 e. The van der Waals surface area contributed by atoms with Gasteiger partial charge in [-0.05, 0) is 67.4 Å². The second-order valence-corrected chi connectivity index (χ2v) is 7.45. The average Bonchev–Trinajstić information content (AvgIpc) is 3.21. The molecule has 0 aliphatic rings. The van der Waals surface area contributed by atoms with E-state index in [-0.39, 0.29) is 5.91 Å². The topological polar surface area (TPSA) is 78.3 Å². The molecule has 0 spiro atoms. The number of nitrogens with one attached hydrogen (secondary N) is 1. The minimum Gasteiger partial charge on any atom is -0.486 e. The van der Waals surface area contributed by atoms with E-state index < -0.39 is 0 Å². The molecular weight excluding hydrogens is 404 g/mol. The lowest BCUT2D eigenvalue weighted by atomic mass is 10.1. The quantitative estimate of drug-likeness (QED) is 0.445. The molecule has 0 saturated carbocycles. The van der Waals surface area contributed by atoms with Crippen LogP contribution in [0.2, 0.25) is 0 Å². The highest BCUT2D eigenvalue weighted by Gasteiger charge is 2.08. The van der Waals surface area contributed by atoms with Crippen molar-refractivity contribution >= 4 is 11.6 Å². The van der Waals surface area contributed by atoms with Crippen molar-refractivity contribution in [2.45, 2.75) is 20.5 Å². The molecule has 0 bridgehead atoms. The van der Waals surface area contributed by atoms with Crippen molar-refractivity contribution in [3.8, 4) is 17.4 Å². The molecule has 0 fully saturated rings. The van der Waals surface area contributed by atoms with E-state index in [1.54, 1.807) is 48.8 Å². The van der Waals surface area contributed by atoms with E-state index in [1.807, 2.05) is 42.9 Å². The van der Waals surface area contributed by atoms with Crippen molar-refractivity contribution in [3.05, 3.63) is 95.7 Å². The monoisotopic (exact) mass is 428 g/mol. The minimum atomic E-state index is -0.231. The smallest absolute Gasteiger partial charge is 0.255 e. The maximum atomic E-state index is 12.5. The number of rotatable bonds is 7. The van der Waals surface area contributed by atoms with Gasteiger partial charge in [-0.15, -0.1) is 0 Å². The summed E-state index contributed by atoms with van der Waals surface area (Å²) in [6, 6.07) is 16.3. The fourth-order valence-electron chi connectivity index (χ4n) is 3.00. The molecule has 0 radical (unpaired) electrons. The van der Waals surface area contributed by atoms with Crippen LogP contribution in [-0.4, -0.2) is 20.4 Å². The lowest BCUT2D eigenvalue weighted by Crippen LogP contribution is -2.12. The molecule has 2 heterocycles. The lowest BCUT2D eigenvalue weighted by molar-refractivity contribution is 0.102. The number of carbonyl (C=O) groups excluding carboxylic acids is 1. The Balaban J connectivity index is 1.33. The highest BCUT2D eigenvalue weighted by Crippen LogP contribution is 2.23. The van der Waals surface area contributed by atoms with Crippen molar-refractivity contribution in [3.63, 3.8) is 0 Å². The molecule has 7 heteroatoms. The van der Waals surface area contributed by atoms with Gasteiger partial charge in [-0.25, -0.2) is 9.97 Å². The third-order valence-electron chi connectivity index (χ3n) is 5.10. The Hall–Kier alpha value is -4.13. The van der Waals surface area contributed by atoms with Gasteiger partial charge in [0, 0.05) is 31.1 Å². The first kappa shape index (κ1) is 21.1. The number of hydrogen-bond acceptors (Lipinski definition) is 5. The van der Waals surface area contributed by atoms with Crippen molar-refractivity contribution in [1.82, 2.24) is 14.5 Å². The maximum absolute atomic E-state index is 12.5. The van der Waals surface area contributed by atoms with Crippen LogP contribution in [0.1, 0.15) is 27.3 Å². The molecular formula is C25H24N4O3. The molecule has 7 nitrogen and oxygen atoms in total. The first-order chi connectivity index (χ1) is 15.5. The number of hydrogen-bond donors (Lipinski definition) is 1. The summed E-state index contributed by atoms with van der Waals surface area (Å²) in [7, 11) is 1.91. The number of ether oxygens (including phenoxy) is 2. The zero-order valence-electron chi connectivity index (χ0n) is 18.2. The number of nitrogens with zero attached hydrogens (tertiary/aromatic N) is 3. The van der Waals surface area contributed by atoms with E-state index in [9.17, 15) is 4.79 Å². The van der Waals surface area contributed by atoms with Crippen LogP contribution < -0.4 is 14.8 Å². The van der Waals surface area contributed by atoms with Gasteiger partial charge in [0.05, 0.1) is 11.9 Å². The Kier molecular flexibility index (Phi) is 6.17. The molecule has 0 unspecified atom stereocenters. The van der Waals surface area contributed by atoms with E-state index in [0.717, 1.165) is 17.1 Å². The summed E-state index contributed by atoms with van der Waals surface area (Å²) in [6.45, 7) is 4.45. The van der Waals surface area contributed by atoms with Crippen molar-refractivity contribution in [2.24, 2.45) is 7.05 Å². The molecule has 0 aliphatic carbocycles. The molecule has 4 rings (SSSR count). The zero-order valence-corrected chi connectivity index (χ0v) is 18.2. The van der Waals surface area contributed by atoms with Crippen molar-refractivity contribution in [2.75, 3.05) is 5.32 Å². The largest absolute Gasteiger partial charge is 0.486 e. The molecule has 2 aromatic heterocycles. The summed E-state index contributed by atoms with van der Waals surface area (Å²) < 4.78 is 13.4. The van der Waals surface area contributed by atoms with E-state index in [2.05, 4.69) is 22.2 Å². The fraction of sp³-hybridized carbons (Fsp3) is 0.160. The number of imidazole rings is 1. The predicted octanol–water partition coefficient (Wildman–Crippen LogP) is 5.06. The summed E-state index contributed by atoms with van der Waals surface area (Å²) >= 11 is 0. The van der Waals surface area contributed by atoms with Crippen molar-refractivity contribution < 1.29 is 14.3 Å². The standard InChI is InChI=1S/C25H24N4O3/c1-17-4-8-22(14-18(17)2)32-24-11-7-20(15-27-24)28-25(30)19-5-9-21(10-6-19)31-16-23-26-12-13-29(23)3/h4-15H,16H2,1-3H3,(H,28,30). The summed E-state index contributed by atoms with van der Waals surface area (Å²) in [6.07, 6.45) is 5.16. The second kappa shape index (κ2) is 9.34. The Bertz CT molecular complexity index is 1210. The third kappa shape index (κ3) is 5.13. The molecule has 0 saturated heterocycles. The number of pyridine rings is 1. The van der Waals surface area contributed by atoms with E-state index in [4.69, 9.17) is 9.47 Å². The Morgan fingerprint density at radius 2 is 1.75 bits per heavy atom. The molecule has 32 heavy (non-hydrogen) atoms. The van der Waals surface area contributed by atoms with Crippen LogP contribution in [0.3, 0.4) is 0 Å². The molecule has 0 aliphatic heterocycles. The molecule has 2 aromatic carbocycles. The number of carbonyl (C=O) groups is 1. The normalized spacial score (nSPS) is 10.6. The highest BCUT2D eigenvalue weighted by molar-refractivity contribution is 6.04. The van der Waals surface area contributed by atoms with Gasteiger partial charge in [0.1, 0.15) is 23.9 Å². The molecule has 162 valence electrons. The molecule has 1 N–H and O–H groups in total. The average molecular weight is 428 g/mol. The Morgan fingerprint density at radius 1 is 0.969 bits per heavy atom. The number of amides is 1. The summed E-state index contributed by atoms with van der Waals surface area (Å²) in [4.78, 5) is 21.0. The number of anilines is 1. The van der Waals surface area contributed by atoms with Crippen LogP contribution in [-0.2, 0) is 13.7 Å². The van der Waals surface area contributed by atoms with Gasteiger partial charge in [-0.3, -0.25) is 4.79 Å². The summed E-state index contributed by atoms with van der Waals surface area (Å²) in [5.41, 5.74) is 3.46. The SMILES string of the molecule is Cc1ccc(Oc2ccc(NC(=O)c3ccc(OCc4nccn4C)cc3)cn2)cc1C. The van der Waals surface area contributed by atoms with Gasteiger partial charge in [0.25, 0.3) is 5.91 Å². The highest BCUT2D eigenvalue weighted by atomic mass is 16.5. The first-order valence-corrected chi connectivity index (χ1v) is 10.2. The van der Waals surface area contributed by atoms with Gasteiger partial charge in [0.2, 0.25) is 5.88 Å². The Labute approximate surface area is 186 Å². The molecule has 0 atom stereocenters. The van der Waals surface area contributed by atoms with E-state index >= 15 is 0 Å². The Morgan fingerprint density at radius 3 is 2.41 bits per heavy atom. The second-order valence-electron chi connectivity index (χ2n) is 7.45. The van der Waals surface area contributed by atoms with Gasteiger partial charge >= 0.3 is 0 Å². The number of aryl methyl sites for hydroxylation is 3. The van der Waals surface area contributed by atoms with Gasteiger partial charge < -0.3 is 19.4 Å². The first-order valence-electron chi connectivity index (χ1n) is 10.2. The van der Waals surface area contributed by atoms with Gasteiger partial charge in [0.15, 0.2) is 0 Å². The minimum absolute atomic E-state index is 0.231. The summed E-state index contributed by atoms with van der Waals surface area (Å²) in [5.74, 6) is 2.44. The van der Waals surface area contributed by atoms with Crippen LogP contribution in [0.25, 0.3) is 0 Å². The lowest BCUT2D eigenvalue weighted by Gasteiger charge is -2.09. The predicted molar refractivity (Wildman–Crippen MR) is 122 cm³/mol. The zero-order chi connectivity index (χ0) is 22.5. The fourth-order valence-corrected chi connectivity index (χ4v) is 3.00. The van der Waals surface area contributed by atoms with E-state index in [0.29, 0.717) is 29.5 Å². The molecule has 1 amide bonds. The van der Waals surface area contributed by atoms with Crippen LogP contribution in [0.15, 0.2) is 73.2 Å². The van der Waals surface area contributed by atoms with Gasteiger partial charge in [-0.1, -0.05) is 6.07 Å². The van der Waals surface area contributed by atoms with Crippen molar-refractivity contribution in [1.29, 1.82) is 0 Å². The number of benzene rings is 2. The third-order valence-corrected chi connectivity index (χ3v) is 5.10.